The monoisotopic (exact) mass is 372 g/mol. The van der Waals surface area contributed by atoms with Gasteiger partial charge in [-0.15, -0.1) is 0 Å². The number of rotatable bonds is 4. The predicted octanol–water partition coefficient (Wildman–Crippen LogP) is 6.87. The van der Waals surface area contributed by atoms with Crippen LogP contribution in [0.4, 0.5) is 0 Å². The molecule has 29 heavy (non-hydrogen) atoms. The van der Waals surface area contributed by atoms with E-state index in [1.165, 1.54) is 0 Å². The molecule has 5 aromatic rings. The fourth-order valence-electron chi connectivity index (χ4n) is 3.71. The molecule has 0 saturated carbocycles. The lowest BCUT2D eigenvalue weighted by atomic mass is 9.96. The van der Waals surface area contributed by atoms with Gasteiger partial charge in [-0.05, 0) is 17.7 Å². The van der Waals surface area contributed by atoms with Gasteiger partial charge in [-0.2, -0.15) is 5.10 Å². The molecule has 0 saturated heterocycles. The highest BCUT2D eigenvalue weighted by Gasteiger charge is 2.22. The van der Waals surface area contributed by atoms with Gasteiger partial charge in [0.15, 0.2) is 0 Å². The number of nitrogens with zero attached hydrogens (tertiary/aromatic N) is 2. The molecule has 1 aromatic heterocycles. The quantitative estimate of drug-likeness (QED) is 0.336. The van der Waals surface area contributed by atoms with E-state index in [1.807, 2.05) is 18.2 Å². The van der Waals surface area contributed by atoms with Crippen LogP contribution in [0.3, 0.4) is 0 Å². The zero-order valence-corrected chi connectivity index (χ0v) is 15.9. The van der Waals surface area contributed by atoms with Crippen LogP contribution >= 0.6 is 0 Å². The van der Waals surface area contributed by atoms with Crippen molar-refractivity contribution in [1.29, 1.82) is 0 Å². The molecule has 0 radical (unpaired) electrons. The number of benzene rings is 4. The van der Waals surface area contributed by atoms with Crippen LogP contribution < -0.4 is 0 Å². The van der Waals surface area contributed by atoms with Crippen molar-refractivity contribution in [2.24, 2.45) is 0 Å². The van der Waals surface area contributed by atoms with Crippen molar-refractivity contribution in [3.8, 4) is 39.3 Å². The van der Waals surface area contributed by atoms with Crippen LogP contribution in [0, 0.1) is 0 Å². The van der Waals surface area contributed by atoms with E-state index < -0.39 is 0 Å². The smallest absolute Gasteiger partial charge is 0.101 e. The van der Waals surface area contributed by atoms with Gasteiger partial charge >= 0.3 is 0 Å². The van der Waals surface area contributed by atoms with Crippen LogP contribution in [0.25, 0.3) is 39.3 Å². The minimum Gasteiger partial charge on any atom is -0.232 e. The van der Waals surface area contributed by atoms with Crippen molar-refractivity contribution in [1.82, 2.24) is 9.78 Å². The molecule has 5 rings (SSSR count). The molecule has 0 aliphatic rings. The fraction of sp³-hybridized carbons (Fsp3) is 0. The van der Waals surface area contributed by atoms with Crippen molar-refractivity contribution in [3.63, 3.8) is 0 Å². The summed E-state index contributed by atoms with van der Waals surface area (Å²) in [5.41, 5.74) is 7.69. The van der Waals surface area contributed by atoms with E-state index in [2.05, 4.69) is 108 Å². The Morgan fingerprint density at radius 2 is 0.897 bits per heavy atom. The molecule has 2 nitrogen and oxygen atoms in total. The number of aromatic nitrogens is 2. The lowest BCUT2D eigenvalue weighted by Gasteiger charge is -2.11. The zero-order valence-electron chi connectivity index (χ0n) is 15.9. The first-order valence-corrected chi connectivity index (χ1v) is 9.76. The highest BCUT2D eigenvalue weighted by molar-refractivity contribution is 5.92. The molecule has 0 aliphatic carbocycles. The molecule has 4 aromatic carbocycles. The largest absolute Gasteiger partial charge is 0.232 e. The number of para-hydroxylation sites is 1. The lowest BCUT2D eigenvalue weighted by Crippen LogP contribution is -1.99. The molecule has 0 atom stereocenters. The third-order valence-corrected chi connectivity index (χ3v) is 5.04. The molecule has 0 unspecified atom stereocenters. The van der Waals surface area contributed by atoms with Crippen LogP contribution in [0.1, 0.15) is 0 Å². The van der Waals surface area contributed by atoms with Crippen molar-refractivity contribution in [3.05, 3.63) is 121 Å². The average molecular weight is 372 g/mol. The summed E-state index contributed by atoms with van der Waals surface area (Å²) in [6.07, 6.45) is 0. The summed E-state index contributed by atoms with van der Waals surface area (Å²) in [6.45, 7) is 0. The number of hydrogen-bond acceptors (Lipinski definition) is 1. The first kappa shape index (κ1) is 17.2. The summed E-state index contributed by atoms with van der Waals surface area (Å²) < 4.78 is 2.07. The molecule has 2 heteroatoms. The van der Waals surface area contributed by atoms with Gasteiger partial charge < -0.3 is 0 Å². The second kappa shape index (κ2) is 7.61. The molecular weight excluding hydrogens is 352 g/mol. The molecule has 0 amide bonds. The molecule has 0 fully saturated rings. The Labute approximate surface area is 170 Å². The Bertz CT molecular complexity index is 1110. The zero-order chi connectivity index (χ0) is 19.5. The third-order valence-electron chi connectivity index (χ3n) is 5.04. The van der Waals surface area contributed by atoms with Gasteiger partial charge in [0.05, 0.1) is 11.4 Å². The predicted molar refractivity (Wildman–Crippen MR) is 120 cm³/mol. The number of hydrogen-bond donors (Lipinski definition) is 0. The SMILES string of the molecule is c1ccc(-c2nn(-c3ccccc3)c(-c3ccccc3)c2-c2ccccc2)cc1. The second-order valence-electron chi connectivity index (χ2n) is 6.92. The van der Waals surface area contributed by atoms with Crippen LogP contribution in [0.2, 0.25) is 0 Å². The lowest BCUT2D eigenvalue weighted by molar-refractivity contribution is 0.892. The maximum Gasteiger partial charge on any atom is 0.101 e. The van der Waals surface area contributed by atoms with E-state index in [9.17, 15) is 0 Å². The normalized spacial score (nSPS) is 10.8. The fourth-order valence-corrected chi connectivity index (χ4v) is 3.71. The van der Waals surface area contributed by atoms with Gasteiger partial charge in [0.2, 0.25) is 0 Å². The van der Waals surface area contributed by atoms with Crippen LogP contribution in [-0.2, 0) is 0 Å². The van der Waals surface area contributed by atoms with E-state index in [0.717, 1.165) is 39.3 Å². The Morgan fingerprint density at radius 3 is 1.45 bits per heavy atom. The molecule has 0 bridgehead atoms. The Kier molecular flexibility index (Phi) is 4.51. The van der Waals surface area contributed by atoms with Crippen molar-refractivity contribution in [2.45, 2.75) is 0 Å². The molecule has 0 aliphatic heterocycles. The minimum atomic E-state index is 0.986. The molecule has 0 N–H and O–H groups in total. The third kappa shape index (κ3) is 3.26. The first-order chi connectivity index (χ1) is 14.4. The van der Waals surface area contributed by atoms with Gasteiger partial charge in [0.25, 0.3) is 0 Å². The molecule has 0 spiro atoms. The van der Waals surface area contributed by atoms with Crippen molar-refractivity contribution >= 4 is 0 Å². The van der Waals surface area contributed by atoms with Gasteiger partial charge in [0, 0.05) is 16.7 Å². The Balaban J connectivity index is 1.89. The van der Waals surface area contributed by atoms with E-state index in [1.54, 1.807) is 0 Å². The summed E-state index contributed by atoms with van der Waals surface area (Å²) in [6, 6.07) is 41.8. The summed E-state index contributed by atoms with van der Waals surface area (Å²) >= 11 is 0. The topological polar surface area (TPSA) is 17.8 Å². The van der Waals surface area contributed by atoms with E-state index in [0.29, 0.717) is 0 Å². The van der Waals surface area contributed by atoms with Gasteiger partial charge in [0.1, 0.15) is 5.69 Å². The summed E-state index contributed by atoms with van der Waals surface area (Å²) in [4.78, 5) is 0. The van der Waals surface area contributed by atoms with Gasteiger partial charge in [-0.3, -0.25) is 0 Å². The van der Waals surface area contributed by atoms with E-state index in [4.69, 9.17) is 5.10 Å². The highest BCUT2D eigenvalue weighted by Crippen LogP contribution is 2.41. The summed E-state index contributed by atoms with van der Waals surface area (Å²) in [5.74, 6) is 0. The van der Waals surface area contributed by atoms with Gasteiger partial charge in [-0.25, -0.2) is 4.68 Å². The Hall–Kier alpha value is -3.91. The maximum absolute atomic E-state index is 5.12. The van der Waals surface area contributed by atoms with Gasteiger partial charge in [-0.1, -0.05) is 109 Å². The van der Waals surface area contributed by atoms with Crippen LogP contribution in [0.15, 0.2) is 121 Å². The van der Waals surface area contributed by atoms with E-state index in [-0.39, 0.29) is 0 Å². The van der Waals surface area contributed by atoms with Crippen molar-refractivity contribution < 1.29 is 0 Å². The maximum atomic E-state index is 5.12. The summed E-state index contributed by atoms with van der Waals surface area (Å²) in [7, 11) is 0. The standard InChI is InChI=1S/C27H20N2/c1-5-13-21(14-6-1)25-26(22-15-7-2-8-16-22)28-29(24-19-11-4-12-20-24)27(25)23-17-9-3-10-18-23/h1-20H. The first-order valence-electron chi connectivity index (χ1n) is 9.76. The van der Waals surface area contributed by atoms with Crippen molar-refractivity contribution in [2.75, 3.05) is 0 Å². The minimum absolute atomic E-state index is 0.986. The Morgan fingerprint density at radius 1 is 0.448 bits per heavy atom. The van der Waals surface area contributed by atoms with Crippen LogP contribution in [-0.4, -0.2) is 9.78 Å². The molecule has 1 heterocycles. The van der Waals surface area contributed by atoms with Crippen LogP contribution in [0.5, 0.6) is 0 Å². The second-order valence-corrected chi connectivity index (χ2v) is 6.92. The highest BCUT2D eigenvalue weighted by atomic mass is 15.3. The average Bonchev–Trinajstić information content (AvgIpc) is 3.22. The molecular formula is C27H20N2. The van der Waals surface area contributed by atoms with E-state index >= 15 is 0 Å². The molecule has 138 valence electrons. The summed E-state index contributed by atoms with van der Waals surface area (Å²) in [5, 5.41) is 5.12.